The van der Waals surface area contributed by atoms with Gasteiger partial charge >= 0.3 is 0 Å². The third-order valence-electron chi connectivity index (χ3n) is 20.4. The molecule has 576 valence electrons. The average molecular weight is 1570 g/mol. The van der Waals surface area contributed by atoms with Gasteiger partial charge in [-0.25, -0.2) is 0 Å². The number of nitrogens with one attached hydrogen (secondary N) is 1. The van der Waals surface area contributed by atoms with E-state index in [1.807, 2.05) is 73.0 Å². The number of hydrogen-bond acceptors (Lipinski definition) is 8. The zero-order chi connectivity index (χ0) is 80.6. The van der Waals surface area contributed by atoms with Gasteiger partial charge in [0.25, 0.3) is 0 Å². The number of para-hydroxylation sites is 8. The van der Waals surface area contributed by atoms with Crippen LogP contribution in [0.15, 0.2) is 373 Å². The molecule has 2 aromatic heterocycles. The predicted octanol–water partition coefficient (Wildman–Crippen LogP) is 32.8. The van der Waals surface area contributed by atoms with Crippen molar-refractivity contribution in [3.05, 3.63) is 402 Å². The number of hydrogen-bond donors (Lipinski definition) is 1. The molecule has 0 saturated carbocycles. The Morgan fingerprint density at radius 3 is 0.870 bits per heavy atom. The third kappa shape index (κ3) is 18.2. The van der Waals surface area contributed by atoms with Gasteiger partial charge in [0, 0.05) is 79.0 Å². The molecule has 0 aliphatic carbocycles. The lowest BCUT2D eigenvalue weighted by atomic mass is 9.85. The van der Waals surface area contributed by atoms with Crippen molar-refractivity contribution < 1.29 is 8.83 Å². The molecule has 16 rings (SSSR count). The van der Waals surface area contributed by atoms with Crippen LogP contribution < -0.4 is 29.8 Å². The molecular weight excluding hydrogens is 1470 g/mol. The minimum atomic E-state index is -0.212. The molecule has 2 heterocycles. The van der Waals surface area contributed by atoms with Crippen LogP contribution in [0, 0.1) is 0 Å². The van der Waals surface area contributed by atoms with Gasteiger partial charge in [0.2, 0.25) is 0 Å². The maximum atomic E-state index is 7.91. The third-order valence-corrected chi connectivity index (χ3v) is 21.6. The maximum Gasteiger partial charge on any atom is 0.136 e. The van der Waals surface area contributed by atoms with Crippen LogP contribution >= 0.6 is 34.8 Å². The minimum Gasteiger partial charge on any atom is -0.462 e. The molecule has 8 nitrogen and oxygen atoms in total. The maximum absolute atomic E-state index is 7.91. The van der Waals surface area contributed by atoms with Crippen LogP contribution in [-0.4, -0.2) is 0 Å². The summed E-state index contributed by atoms with van der Waals surface area (Å²) in [5.74, 6) is 0. The van der Waals surface area contributed by atoms with Crippen molar-refractivity contribution in [3.8, 4) is 0 Å². The molecule has 14 aromatic carbocycles. The summed E-state index contributed by atoms with van der Waals surface area (Å²) < 4.78 is 12.3. The molecule has 0 aliphatic rings. The van der Waals surface area contributed by atoms with Gasteiger partial charge in [-0.2, -0.15) is 0 Å². The van der Waals surface area contributed by atoms with Crippen molar-refractivity contribution in [1.82, 2.24) is 0 Å². The van der Waals surface area contributed by atoms with Crippen LogP contribution in [0.4, 0.5) is 96.7 Å². The predicted molar refractivity (Wildman–Crippen MR) is 492 cm³/mol. The first-order valence-electron chi connectivity index (χ1n) is 39.1. The molecule has 0 spiro atoms. The van der Waals surface area contributed by atoms with E-state index in [1.165, 1.54) is 11.1 Å². The SMILES string of the molecule is CC(C)(C)c1cc(Cl)c(Cl)c(N(c2ccccc2)c2coc3ccc(C(C)(C)C)cc23)c1.CC(C)(C)c1cc(N(c2ccccc2)c2cccc(N(c3ccccc3)c3ccccc3)c2)c(Cl)c(N(c2ccccc2)c2coc3ccc(C(C)(C)C)cc23)c1.c1ccc(Nc2cccc(N(c3ccccc3)c3ccccc3)c2)cc1. The van der Waals surface area contributed by atoms with Crippen LogP contribution in [0.1, 0.15) is 105 Å². The molecule has 1 N–H and O–H groups in total. The smallest absolute Gasteiger partial charge is 0.136 e. The first kappa shape index (κ1) is 79.5. The topological polar surface area (TPSA) is 54.5 Å². The summed E-state index contributed by atoms with van der Waals surface area (Å²) in [6.07, 6.45) is 3.67. The molecule has 0 radical (unpaired) electrons. The van der Waals surface area contributed by atoms with Crippen LogP contribution in [0.3, 0.4) is 0 Å². The Bertz CT molecular complexity index is 5840. The molecular formula is C104H97Cl3N6O2. The summed E-state index contributed by atoms with van der Waals surface area (Å²) in [5, 5.41) is 7.21. The Morgan fingerprint density at radius 1 is 0.226 bits per heavy atom. The number of anilines is 17. The van der Waals surface area contributed by atoms with Gasteiger partial charge in [0.15, 0.2) is 0 Å². The molecule has 16 aromatic rings. The molecule has 0 bridgehead atoms. The Balaban J connectivity index is 0.000000158. The molecule has 0 aliphatic heterocycles. The first-order valence-corrected chi connectivity index (χ1v) is 40.2. The summed E-state index contributed by atoms with van der Waals surface area (Å²) in [4.78, 5) is 11.2. The lowest BCUT2D eigenvalue weighted by Crippen LogP contribution is -2.19. The van der Waals surface area contributed by atoms with E-state index in [0.29, 0.717) is 15.1 Å². The largest absolute Gasteiger partial charge is 0.462 e. The number of rotatable bonds is 17. The fraction of sp³-hybridized carbons (Fsp3) is 0.154. The Kier molecular flexibility index (Phi) is 23.7. The van der Waals surface area contributed by atoms with Crippen LogP contribution in [0.25, 0.3) is 21.9 Å². The number of halogens is 3. The highest BCUT2D eigenvalue weighted by molar-refractivity contribution is 6.44. The van der Waals surface area contributed by atoms with E-state index in [2.05, 4.69) is 398 Å². The summed E-state index contributed by atoms with van der Waals surface area (Å²) in [5.41, 5.74) is 23.1. The van der Waals surface area contributed by atoms with Crippen molar-refractivity contribution >= 4 is 153 Å². The fourth-order valence-corrected chi connectivity index (χ4v) is 14.9. The zero-order valence-electron chi connectivity index (χ0n) is 67.3. The lowest BCUT2D eigenvalue weighted by Gasteiger charge is -2.34. The fourth-order valence-electron chi connectivity index (χ4n) is 14.2. The van der Waals surface area contributed by atoms with E-state index in [4.69, 9.17) is 43.6 Å². The van der Waals surface area contributed by atoms with Gasteiger partial charge < -0.3 is 38.7 Å². The number of nitrogens with zero attached hydrogens (tertiary/aromatic N) is 5. The van der Waals surface area contributed by atoms with Crippen molar-refractivity contribution in [2.75, 3.05) is 29.8 Å². The standard InChI is InChI=1S/C52H48ClN3O.C28H29Cl2NO.C24H20N2/c1-51(2,3)37-30-31-49-45(32-37)48(36-57-49)56(42-26-17-10-18-27-42)47-34-38(52(4,5)6)33-46(50(47)53)55(41-24-15-9-16-25-41)44-29-19-28-43(35-44)54(39-20-11-7-12-21-39)40-22-13-8-14-23-40;1-27(2,3)18-12-13-25-21(14-18)24(17-32-25)31(20-10-8-7-9-11-20)23-16-19(28(4,5)6)15-22(29)26(23)30;1-4-11-20(12-5-1)25-21-13-10-18-24(19-21)26(22-14-6-2-7-15-22)23-16-8-3-9-17-23/h7-36H,1-6H3;7-17H,1-6H3;1-19,25H. The number of fused-ring (bicyclic) bond motifs is 2. The second-order valence-electron chi connectivity index (χ2n) is 32.9. The Morgan fingerprint density at radius 2 is 0.504 bits per heavy atom. The zero-order valence-corrected chi connectivity index (χ0v) is 69.6. The number of benzene rings is 14. The summed E-state index contributed by atoms with van der Waals surface area (Å²) >= 11 is 21.4. The Hall–Kier alpha value is -12.2. The lowest BCUT2D eigenvalue weighted by molar-refractivity contribution is 0.589. The molecule has 115 heavy (non-hydrogen) atoms. The van der Waals surface area contributed by atoms with E-state index in [0.717, 1.165) is 130 Å². The first-order chi connectivity index (χ1) is 55.3. The molecule has 0 fully saturated rings. The van der Waals surface area contributed by atoms with E-state index in [1.54, 1.807) is 6.26 Å². The van der Waals surface area contributed by atoms with E-state index >= 15 is 0 Å². The highest BCUT2D eigenvalue weighted by Gasteiger charge is 2.31. The second kappa shape index (κ2) is 34.3. The van der Waals surface area contributed by atoms with Crippen LogP contribution in [-0.2, 0) is 21.7 Å². The van der Waals surface area contributed by atoms with Gasteiger partial charge in [-0.1, -0.05) is 288 Å². The van der Waals surface area contributed by atoms with Gasteiger partial charge in [0.1, 0.15) is 23.7 Å². The minimum absolute atomic E-state index is 0.0212. The van der Waals surface area contributed by atoms with E-state index < -0.39 is 0 Å². The average Bonchev–Trinajstić information content (AvgIpc) is 1.74. The van der Waals surface area contributed by atoms with Gasteiger partial charge in [-0.05, 0) is 226 Å². The summed E-state index contributed by atoms with van der Waals surface area (Å²) in [6.45, 7) is 26.6. The summed E-state index contributed by atoms with van der Waals surface area (Å²) in [7, 11) is 0. The van der Waals surface area contributed by atoms with Crippen molar-refractivity contribution in [1.29, 1.82) is 0 Å². The quantitative estimate of drug-likeness (QED) is 0.0968. The second-order valence-corrected chi connectivity index (χ2v) is 34.0. The van der Waals surface area contributed by atoms with Crippen LogP contribution in [0.5, 0.6) is 0 Å². The summed E-state index contributed by atoms with van der Waals surface area (Å²) in [6, 6.07) is 122. The van der Waals surface area contributed by atoms with Crippen molar-refractivity contribution in [2.45, 2.75) is 105 Å². The normalized spacial score (nSPS) is 11.6. The molecule has 0 atom stereocenters. The highest BCUT2D eigenvalue weighted by atomic mass is 35.5. The molecule has 11 heteroatoms. The van der Waals surface area contributed by atoms with E-state index in [9.17, 15) is 0 Å². The molecule has 0 amide bonds. The van der Waals surface area contributed by atoms with Gasteiger partial charge in [0.05, 0.1) is 43.5 Å². The molecule has 0 unspecified atom stereocenters. The van der Waals surface area contributed by atoms with Gasteiger partial charge in [-0.15, -0.1) is 0 Å². The highest BCUT2D eigenvalue weighted by Crippen LogP contribution is 2.53. The molecule has 0 saturated heterocycles. The monoisotopic (exact) mass is 1570 g/mol. The number of furan rings is 2. The van der Waals surface area contributed by atoms with E-state index in [-0.39, 0.29) is 21.7 Å². The van der Waals surface area contributed by atoms with Crippen LogP contribution in [0.2, 0.25) is 15.1 Å². The van der Waals surface area contributed by atoms with Crippen molar-refractivity contribution in [3.63, 3.8) is 0 Å². The Labute approximate surface area is 693 Å². The van der Waals surface area contributed by atoms with Gasteiger partial charge in [-0.3, -0.25) is 0 Å². The van der Waals surface area contributed by atoms with Crippen molar-refractivity contribution in [2.24, 2.45) is 0 Å².